The molecule has 3 nitrogen and oxygen atoms in total. The van der Waals surface area contributed by atoms with Gasteiger partial charge in [-0.25, -0.2) is 0 Å². The number of hydrogen-bond acceptors (Lipinski definition) is 3. The molecule has 1 aromatic rings. The fraction of sp³-hybridized carbons (Fsp3) is 0.700. The highest BCUT2D eigenvalue weighted by Crippen LogP contribution is 2.30. The summed E-state index contributed by atoms with van der Waals surface area (Å²) in [6.07, 6.45) is 8.71. The Morgan fingerprint density at radius 1 is 1.04 bits per heavy atom. The van der Waals surface area contributed by atoms with Crippen LogP contribution in [0.2, 0.25) is 0 Å². The first-order valence-electron chi connectivity index (χ1n) is 9.47. The average Bonchev–Trinajstić information content (AvgIpc) is 2.57. The molecule has 0 amide bonds. The summed E-state index contributed by atoms with van der Waals surface area (Å²) in [7, 11) is 0. The Labute approximate surface area is 141 Å². The number of rotatable bonds is 5. The van der Waals surface area contributed by atoms with E-state index in [0.29, 0.717) is 5.75 Å². The number of aromatic hydroxyl groups is 1. The van der Waals surface area contributed by atoms with Crippen molar-refractivity contribution < 1.29 is 5.11 Å². The molecule has 1 heterocycles. The molecule has 0 bridgehead atoms. The molecule has 1 saturated heterocycles. The third kappa shape index (κ3) is 4.63. The number of para-hydroxylation sites is 2. The van der Waals surface area contributed by atoms with Gasteiger partial charge in [0.2, 0.25) is 0 Å². The number of hydrogen-bond donors (Lipinski definition) is 1. The van der Waals surface area contributed by atoms with Crippen LogP contribution in [0.15, 0.2) is 24.3 Å². The molecule has 1 atom stereocenters. The van der Waals surface area contributed by atoms with E-state index in [2.05, 4.69) is 16.7 Å². The third-order valence-electron chi connectivity index (χ3n) is 5.63. The molecule has 0 spiro atoms. The number of piperazine rings is 1. The van der Waals surface area contributed by atoms with E-state index in [0.717, 1.165) is 43.7 Å². The SMILES string of the molecule is CC(CC1CCCCC1)CN1CCN(c2ccccc2O)CC1. The Morgan fingerprint density at radius 2 is 1.74 bits per heavy atom. The van der Waals surface area contributed by atoms with Crippen molar-refractivity contribution >= 4 is 5.69 Å². The number of anilines is 1. The summed E-state index contributed by atoms with van der Waals surface area (Å²) in [6.45, 7) is 7.95. The van der Waals surface area contributed by atoms with Gasteiger partial charge in [-0.05, 0) is 30.4 Å². The van der Waals surface area contributed by atoms with E-state index in [1.165, 1.54) is 45.1 Å². The van der Waals surface area contributed by atoms with Gasteiger partial charge in [0.1, 0.15) is 5.75 Å². The average molecular weight is 316 g/mol. The first kappa shape index (κ1) is 16.6. The second-order valence-corrected chi connectivity index (χ2v) is 7.62. The molecule has 0 radical (unpaired) electrons. The van der Waals surface area contributed by atoms with Gasteiger partial charge in [-0.15, -0.1) is 0 Å². The summed E-state index contributed by atoms with van der Waals surface area (Å²) in [4.78, 5) is 4.93. The zero-order chi connectivity index (χ0) is 16.1. The molecule has 1 N–H and O–H groups in total. The van der Waals surface area contributed by atoms with Gasteiger partial charge < -0.3 is 10.0 Å². The number of phenolic OH excluding ortho intramolecular Hbond substituents is 1. The Balaban J connectivity index is 1.43. The molecule has 0 aromatic heterocycles. The van der Waals surface area contributed by atoms with Crippen LogP contribution in [-0.2, 0) is 0 Å². The highest BCUT2D eigenvalue weighted by atomic mass is 16.3. The van der Waals surface area contributed by atoms with Crippen LogP contribution >= 0.6 is 0 Å². The first-order valence-corrected chi connectivity index (χ1v) is 9.47. The van der Waals surface area contributed by atoms with Crippen molar-refractivity contribution in [3.05, 3.63) is 24.3 Å². The van der Waals surface area contributed by atoms with Crippen molar-refractivity contribution in [2.45, 2.75) is 45.4 Å². The number of benzene rings is 1. The summed E-state index contributed by atoms with van der Waals surface area (Å²) >= 11 is 0. The van der Waals surface area contributed by atoms with Gasteiger partial charge >= 0.3 is 0 Å². The van der Waals surface area contributed by atoms with Crippen LogP contribution < -0.4 is 4.90 Å². The topological polar surface area (TPSA) is 26.7 Å². The summed E-state index contributed by atoms with van der Waals surface area (Å²) in [5.41, 5.74) is 0.988. The molecular formula is C20H32N2O. The maximum Gasteiger partial charge on any atom is 0.138 e. The van der Waals surface area contributed by atoms with E-state index in [9.17, 15) is 5.11 Å². The Kier molecular flexibility index (Phi) is 5.82. The monoisotopic (exact) mass is 316 g/mol. The van der Waals surface area contributed by atoms with E-state index in [1.807, 2.05) is 18.2 Å². The largest absolute Gasteiger partial charge is 0.506 e. The Hall–Kier alpha value is -1.22. The van der Waals surface area contributed by atoms with Gasteiger partial charge in [-0.2, -0.15) is 0 Å². The van der Waals surface area contributed by atoms with E-state index in [-0.39, 0.29) is 0 Å². The van der Waals surface area contributed by atoms with Gasteiger partial charge in [0.15, 0.2) is 0 Å². The minimum absolute atomic E-state index is 0.409. The van der Waals surface area contributed by atoms with E-state index in [4.69, 9.17) is 0 Å². The van der Waals surface area contributed by atoms with Crippen molar-refractivity contribution in [2.75, 3.05) is 37.6 Å². The van der Waals surface area contributed by atoms with E-state index < -0.39 is 0 Å². The van der Waals surface area contributed by atoms with E-state index >= 15 is 0 Å². The fourth-order valence-electron chi connectivity index (χ4n) is 4.41. The maximum atomic E-state index is 10.0. The highest BCUT2D eigenvalue weighted by molar-refractivity contribution is 5.57. The second kappa shape index (κ2) is 8.05. The Morgan fingerprint density at radius 3 is 2.43 bits per heavy atom. The molecule has 1 unspecified atom stereocenters. The molecule has 23 heavy (non-hydrogen) atoms. The summed E-state index contributed by atoms with van der Waals surface area (Å²) in [5.74, 6) is 2.21. The van der Waals surface area contributed by atoms with Gasteiger partial charge in [0.05, 0.1) is 5.69 Å². The van der Waals surface area contributed by atoms with Crippen LogP contribution in [-0.4, -0.2) is 42.7 Å². The van der Waals surface area contributed by atoms with Crippen LogP contribution in [0.4, 0.5) is 5.69 Å². The maximum absolute atomic E-state index is 10.0. The molecule has 1 aliphatic carbocycles. The number of phenols is 1. The fourth-order valence-corrected chi connectivity index (χ4v) is 4.41. The normalized spacial score (nSPS) is 22.2. The lowest BCUT2D eigenvalue weighted by molar-refractivity contribution is 0.197. The van der Waals surface area contributed by atoms with Crippen LogP contribution in [0.1, 0.15) is 45.4 Å². The van der Waals surface area contributed by atoms with Crippen molar-refractivity contribution in [3.63, 3.8) is 0 Å². The molecule has 1 aromatic carbocycles. The summed E-state index contributed by atoms with van der Waals surface area (Å²) in [6, 6.07) is 7.71. The molecule has 1 aliphatic heterocycles. The lowest BCUT2D eigenvalue weighted by atomic mass is 9.83. The van der Waals surface area contributed by atoms with Crippen molar-refractivity contribution in [1.29, 1.82) is 0 Å². The van der Waals surface area contributed by atoms with Crippen molar-refractivity contribution in [3.8, 4) is 5.75 Å². The minimum Gasteiger partial charge on any atom is -0.506 e. The molecule has 1 saturated carbocycles. The Bertz CT molecular complexity index is 476. The smallest absolute Gasteiger partial charge is 0.138 e. The standard InChI is InChI=1S/C20H32N2O/c1-17(15-18-7-3-2-4-8-18)16-21-11-13-22(14-12-21)19-9-5-6-10-20(19)23/h5-6,9-10,17-18,23H,2-4,7-8,11-16H2,1H3. The zero-order valence-corrected chi connectivity index (χ0v) is 14.6. The quantitative estimate of drug-likeness (QED) is 0.885. The lowest BCUT2D eigenvalue weighted by Crippen LogP contribution is -2.47. The van der Waals surface area contributed by atoms with Crippen molar-refractivity contribution in [1.82, 2.24) is 4.90 Å². The molecule has 2 aliphatic rings. The molecule has 3 rings (SSSR count). The molecule has 128 valence electrons. The summed E-state index contributed by atoms with van der Waals surface area (Å²) < 4.78 is 0. The van der Waals surface area contributed by atoms with Gasteiger partial charge in [-0.3, -0.25) is 4.90 Å². The minimum atomic E-state index is 0.409. The molecular weight excluding hydrogens is 284 g/mol. The predicted molar refractivity (Wildman–Crippen MR) is 97.1 cm³/mol. The number of nitrogens with zero attached hydrogens (tertiary/aromatic N) is 2. The van der Waals surface area contributed by atoms with Crippen LogP contribution in [0.5, 0.6) is 5.75 Å². The van der Waals surface area contributed by atoms with E-state index in [1.54, 1.807) is 6.07 Å². The van der Waals surface area contributed by atoms with Gasteiger partial charge in [0.25, 0.3) is 0 Å². The second-order valence-electron chi connectivity index (χ2n) is 7.62. The van der Waals surface area contributed by atoms with Crippen molar-refractivity contribution in [2.24, 2.45) is 11.8 Å². The highest BCUT2D eigenvalue weighted by Gasteiger charge is 2.22. The van der Waals surface area contributed by atoms with Crippen LogP contribution in [0.25, 0.3) is 0 Å². The van der Waals surface area contributed by atoms with Crippen LogP contribution in [0.3, 0.4) is 0 Å². The van der Waals surface area contributed by atoms with Crippen LogP contribution in [0, 0.1) is 11.8 Å². The summed E-state index contributed by atoms with van der Waals surface area (Å²) in [5, 5.41) is 10.0. The zero-order valence-electron chi connectivity index (χ0n) is 14.6. The third-order valence-corrected chi connectivity index (χ3v) is 5.63. The lowest BCUT2D eigenvalue weighted by Gasteiger charge is -2.38. The molecule has 2 fully saturated rings. The van der Waals surface area contributed by atoms with Gasteiger partial charge in [0, 0.05) is 32.7 Å². The molecule has 3 heteroatoms. The predicted octanol–water partition coefficient (Wildman–Crippen LogP) is 4.12. The van der Waals surface area contributed by atoms with Gasteiger partial charge in [-0.1, -0.05) is 51.2 Å². The first-order chi connectivity index (χ1) is 11.2.